The minimum absolute atomic E-state index is 0.0278. The summed E-state index contributed by atoms with van der Waals surface area (Å²) in [6.45, 7) is 1.60. The first-order valence-electron chi connectivity index (χ1n) is 6.69. The van der Waals surface area contributed by atoms with E-state index in [0.29, 0.717) is 15.7 Å². The number of nitrogens with two attached hydrogens (primary N) is 1. The molecule has 20 heavy (non-hydrogen) atoms. The van der Waals surface area contributed by atoms with Crippen LogP contribution in [0.1, 0.15) is 29.6 Å². The van der Waals surface area contributed by atoms with E-state index in [2.05, 4.69) is 21.2 Å². The Kier molecular flexibility index (Phi) is 5.00. The zero-order valence-corrected chi connectivity index (χ0v) is 12.8. The van der Waals surface area contributed by atoms with Crippen molar-refractivity contribution in [2.75, 3.05) is 25.4 Å². The standard InChI is InChI=1S/C14H18BrN3O2/c15-12-5-4-10(16)8-11(12)14(20)17-9-13(19)18-6-2-1-3-7-18/h4-5,8H,1-3,6-7,9,16H2,(H,17,20). The molecule has 0 radical (unpaired) electrons. The van der Waals surface area contributed by atoms with Crippen molar-refractivity contribution >= 4 is 33.4 Å². The predicted molar refractivity (Wildman–Crippen MR) is 81.3 cm³/mol. The number of benzene rings is 1. The Bertz CT molecular complexity index is 513. The molecular weight excluding hydrogens is 322 g/mol. The zero-order valence-electron chi connectivity index (χ0n) is 11.2. The van der Waals surface area contributed by atoms with Gasteiger partial charge in [-0.05, 0) is 53.4 Å². The molecule has 0 saturated carbocycles. The number of nitrogen functional groups attached to an aromatic ring is 1. The van der Waals surface area contributed by atoms with Gasteiger partial charge in [0.2, 0.25) is 5.91 Å². The summed E-state index contributed by atoms with van der Waals surface area (Å²) in [6, 6.07) is 5.02. The first-order valence-corrected chi connectivity index (χ1v) is 7.48. The average Bonchev–Trinajstić information content (AvgIpc) is 2.47. The van der Waals surface area contributed by atoms with Gasteiger partial charge in [0.15, 0.2) is 0 Å². The Morgan fingerprint density at radius 1 is 1.25 bits per heavy atom. The third-order valence-corrected chi connectivity index (χ3v) is 4.04. The van der Waals surface area contributed by atoms with Crippen LogP contribution in [0.15, 0.2) is 22.7 Å². The summed E-state index contributed by atoms with van der Waals surface area (Å²) in [7, 11) is 0. The van der Waals surface area contributed by atoms with E-state index in [4.69, 9.17) is 5.73 Å². The Hall–Kier alpha value is -1.56. The van der Waals surface area contributed by atoms with Crippen LogP contribution in [0, 0.1) is 0 Å². The van der Waals surface area contributed by atoms with E-state index in [-0.39, 0.29) is 18.4 Å². The summed E-state index contributed by atoms with van der Waals surface area (Å²) in [4.78, 5) is 25.8. The van der Waals surface area contributed by atoms with E-state index < -0.39 is 0 Å². The van der Waals surface area contributed by atoms with Gasteiger partial charge in [0.1, 0.15) is 0 Å². The molecule has 1 fully saturated rings. The molecule has 0 unspecified atom stereocenters. The van der Waals surface area contributed by atoms with Crippen molar-refractivity contribution in [1.29, 1.82) is 0 Å². The molecule has 0 atom stereocenters. The van der Waals surface area contributed by atoms with Crippen molar-refractivity contribution in [1.82, 2.24) is 10.2 Å². The van der Waals surface area contributed by atoms with Gasteiger partial charge < -0.3 is 16.0 Å². The van der Waals surface area contributed by atoms with Crippen molar-refractivity contribution in [3.05, 3.63) is 28.2 Å². The maximum atomic E-state index is 12.0. The van der Waals surface area contributed by atoms with E-state index in [1.165, 1.54) is 6.42 Å². The number of amides is 2. The smallest absolute Gasteiger partial charge is 0.252 e. The number of piperidine rings is 1. The summed E-state index contributed by atoms with van der Waals surface area (Å²) in [5, 5.41) is 2.65. The van der Waals surface area contributed by atoms with Crippen LogP contribution in [0.4, 0.5) is 5.69 Å². The fraction of sp³-hybridized carbons (Fsp3) is 0.429. The van der Waals surface area contributed by atoms with Crippen LogP contribution in [0.2, 0.25) is 0 Å². The monoisotopic (exact) mass is 339 g/mol. The van der Waals surface area contributed by atoms with Gasteiger partial charge in [-0.3, -0.25) is 9.59 Å². The number of halogens is 1. The fourth-order valence-electron chi connectivity index (χ4n) is 2.22. The lowest BCUT2D eigenvalue weighted by atomic mass is 10.1. The third-order valence-electron chi connectivity index (χ3n) is 3.34. The first kappa shape index (κ1) is 14.8. The number of anilines is 1. The number of nitrogens with one attached hydrogen (secondary N) is 1. The van der Waals surface area contributed by atoms with Gasteiger partial charge in [-0.15, -0.1) is 0 Å². The van der Waals surface area contributed by atoms with E-state index >= 15 is 0 Å². The molecule has 1 aliphatic heterocycles. The molecule has 2 amide bonds. The molecule has 6 heteroatoms. The Morgan fingerprint density at radius 3 is 2.65 bits per heavy atom. The molecule has 1 aromatic carbocycles. The highest BCUT2D eigenvalue weighted by atomic mass is 79.9. The van der Waals surface area contributed by atoms with Gasteiger partial charge in [0, 0.05) is 23.2 Å². The minimum Gasteiger partial charge on any atom is -0.399 e. The van der Waals surface area contributed by atoms with Crippen LogP contribution >= 0.6 is 15.9 Å². The predicted octanol–water partition coefficient (Wildman–Crippen LogP) is 1.77. The fourth-order valence-corrected chi connectivity index (χ4v) is 2.65. The summed E-state index contributed by atoms with van der Waals surface area (Å²) in [5.41, 5.74) is 6.62. The maximum absolute atomic E-state index is 12.0. The van der Waals surface area contributed by atoms with Crippen molar-refractivity contribution in [2.24, 2.45) is 0 Å². The first-order chi connectivity index (χ1) is 9.58. The van der Waals surface area contributed by atoms with Crippen LogP contribution in [-0.2, 0) is 4.79 Å². The van der Waals surface area contributed by atoms with Crippen LogP contribution in [0.25, 0.3) is 0 Å². The lowest BCUT2D eigenvalue weighted by Crippen LogP contribution is -2.42. The minimum atomic E-state index is -0.297. The van der Waals surface area contributed by atoms with Gasteiger partial charge in [0.25, 0.3) is 5.91 Å². The van der Waals surface area contributed by atoms with Crippen LogP contribution in [-0.4, -0.2) is 36.3 Å². The molecule has 1 heterocycles. The summed E-state index contributed by atoms with van der Waals surface area (Å²) in [5.74, 6) is -0.326. The molecule has 3 N–H and O–H groups in total. The highest BCUT2D eigenvalue weighted by Crippen LogP contribution is 2.19. The number of nitrogens with zero attached hydrogens (tertiary/aromatic N) is 1. The van der Waals surface area contributed by atoms with E-state index in [1.807, 2.05) is 0 Å². The number of rotatable bonds is 3. The Labute approximate surface area is 126 Å². The molecule has 1 saturated heterocycles. The Balaban J connectivity index is 1.91. The lowest BCUT2D eigenvalue weighted by Gasteiger charge is -2.26. The Morgan fingerprint density at radius 2 is 1.95 bits per heavy atom. The lowest BCUT2D eigenvalue weighted by molar-refractivity contribution is -0.130. The van der Waals surface area contributed by atoms with E-state index in [1.54, 1.807) is 23.1 Å². The quantitative estimate of drug-likeness (QED) is 0.824. The van der Waals surface area contributed by atoms with Crippen molar-refractivity contribution in [3.8, 4) is 0 Å². The molecule has 0 aliphatic carbocycles. The summed E-state index contributed by atoms with van der Waals surface area (Å²) < 4.78 is 0.662. The highest BCUT2D eigenvalue weighted by Gasteiger charge is 2.18. The van der Waals surface area contributed by atoms with Gasteiger partial charge in [-0.2, -0.15) is 0 Å². The van der Waals surface area contributed by atoms with Gasteiger partial charge >= 0.3 is 0 Å². The number of hydrogen-bond donors (Lipinski definition) is 2. The number of likely N-dealkylation sites (tertiary alicyclic amines) is 1. The van der Waals surface area contributed by atoms with Crippen molar-refractivity contribution < 1.29 is 9.59 Å². The van der Waals surface area contributed by atoms with Gasteiger partial charge in [-0.25, -0.2) is 0 Å². The molecule has 108 valence electrons. The topological polar surface area (TPSA) is 75.4 Å². The number of carbonyl (C=O) groups is 2. The average molecular weight is 340 g/mol. The SMILES string of the molecule is Nc1ccc(Br)c(C(=O)NCC(=O)N2CCCCC2)c1. The molecular formula is C14H18BrN3O2. The van der Waals surface area contributed by atoms with Gasteiger partial charge in [0.05, 0.1) is 12.1 Å². The molecule has 0 aromatic heterocycles. The summed E-state index contributed by atoms with van der Waals surface area (Å²) in [6.07, 6.45) is 3.26. The molecule has 1 aromatic rings. The molecule has 1 aliphatic rings. The second-order valence-corrected chi connectivity index (χ2v) is 5.72. The number of hydrogen-bond acceptors (Lipinski definition) is 3. The van der Waals surface area contributed by atoms with Gasteiger partial charge in [-0.1, -0.05) is 0 Å². The van der Waals surface area contributed by atoms with Crippen molar-refractivity contribution in [2.45, 2.75) is 19.3 Å². The molecule has 2 rings (SSSR count). The number of carbonyl (C=O) groups excluding carboxylic acids is 2. The largest absolute Gasteiger partial charge is 0.399 e. The maximum Gasteiger partial charge on any atom is 0.252 e. The summed E-state index contributed by atoms with van der Waals surface area (Å²) >= 11 is 3.30. The normalized spacial score (nSPS) is 14.9. The second-order valence-electron chi connectivity index (χ2n) is 4.86. The molecule has 0 spiro atoms. The van der Waals surface area contributed by atoms with Crippen molar-refractivity contribution in [3.63, 3.8) is 0 Å². The van der Waals surface area contributed by atoms with E-state index in [9.17, 15) is 9.59 Å². The highest BCUT2D eigenvalue weighted by molar-refractivity contribution is 9.10. The van der Waals surface area contributed by atoms with E-state index in [0.717, 1.165) is 25.9 Å². The van der Waals surface area contributed by atoms with Crippen LogP contribution in [0.3, 0.4) is 0 Å². The molecule has 5 nitrogen and oxygen atoms in total. The zero-order chi connectivity index (χ0) is 14.5. The molecule has 0 bridgehead atoms. The third kappa shape index (κ3) is 3.72. The second kappa shape index (κ2) is 6.74. The van der Waals surface area contributed by atoms with Crippen LogP contribution < -0.4 is 11.1 Å². The van der Waals surface area contributed by atoms with Crippen LogP contribution in [0.5, 0.6) is 0 Å².